The molecule has 0 aliphatic carbocycles. The van der Waals surface area contributed by atoms with Gasteiger partial charge in [0.25, 0.3) is 0 Å². The molecule has 2 nitrogen and oxygen atoms in total. The molecular weight excluding hydrogens is 328 g/mol. The Morgan fingerprint density at radius 1 is 0.778 bits per heavy atom. The zero-order chi connectivity index (χ0) is 18.4. The molecule has 27 heavy (non-hydrogen) atoms. The molecule has 0 spiro atoms. The number of hydrogen-bond donors (Lipinski definition) is 0. The van der Waals surface area contributed by atoms with Crippen LogP contribution in [0.5, 0.6) is 0 Å². The van der Waals surface area contributed by atoms with Gasteiger partial charge in [-0.2, -0.15) is 5.26 Å². The fourth-order valence-corrected chi connectivity index (χ4v) is 4.33. The van der Waals surface area contributed by atoms with Gasteiger partial charge in [-0.05, 0) is 22.8 Å². The maximum atomic E-state index is 10.2. The molecule has 0 N–H and O–H groups in total. The third-order valence-corrected chi connectivity index (χ3v) is 5.48. The zero-order valence-corrected chi connectivity index (χ0v) is 15.1. The van der Waals surface area contributed by atoms with Gasteiger partial charge in [-0.3, -0.25) is 0 Å². The van der Waals surface area contributed by atoms with Crippen molar-refractivity contribution in [1.29, 1.82) is 5.26 Å². The van der Waals surface area contributed by atoms with Crippen molar-refractivity contribution < 1.29 is 0 Å². The summed E-state index contributed by atoms with van der Waals surface area (Å²) in [6, 6.07) is 31.6. The maximum Gasteiger partial charge on any atom is 0.102 e. The molecule has 5 rings (SSSR count). The minimum atomic E-state index is 0.237. The van der Waals surface area contributed by atoms with E-state index in [4.69, 9.17) is 0 Å². The number of fused-ring (bicyclic) bond motifs is 3. The van der Waals surface area contributed by atoms with Crippen molar-refractivity contribution in [3.8, 4) is 34.1 Å². The van der Waals surface area contributed by atoms with Crippen molar-refractivity contribution in [2.75, 3.05) is 0 Å². The van der Waals surface area contributed by atoms with Crippen LogP contribution in [0.4, 0.5) is 0 Å². The predicted octanol–water partition coefficient (Wildman–Crippen LogP) is 6.15. The first kappa shape index (κ1) is 15.7. The summed E-state index contributed by atoms with van der Waals surface area (Å²) in [5.74, 6) is 0.237. The van der Waals surface area contributed by atoms with E-state index in [1.165, 1.54) is 16.9 Å². The molecule has 0 unspecified atom stereocenters. The third kappa shape index (κ3) is 2.19. The summed E-state index contributed by atoms with van der Waals surface area (Å²) in [5, 5.41) is 10.2. The van der Waals surface area contributed by atoms with Crippen molar-refractivity contribution in [1.82, 2.24) is 4.57 Å². The molecule has 1 atom stereocenters. The van der Waals surface area contributed by atoms with Crippen molar-refractivity contribution in [2.45, 2.75) is 12.8 Å². The van der Waals surface area contributed by atoms with Gasteiger partial charge >= 0.3 is 0 Å². The summed E-state index contributed by atoms with van der Waals surface area (Å²) in [6.07, 6.45) is 0. The summed E-state index contributed by atoms with van der Waals surface area (Å²) in [5.41, 5.74) is 8.66. The van der Waals surface area contributed by atoms with Crippen LogP contribution in [0.2, 0.25) is 0 Å². The summed E-state index contributed by atoms with van der Waals surface area (Å²) in [4.78, 5) is 0. The van der Waals surface area contributed by atoms with E-state index in [1.54, 1.807) is 0 Å². The maximum absolute atomic E-state index is 10.2. The molecule has 0 saturated carbocycles. The number of nitrogens with zero attached hydrogens (tertiary/aromatic N) is 2. The molecule has 0 amide bonds. The van der Waals surface area contributed by atoms with E-state index in [-0.39, 0.29) is 5.92 Å². The van der Waals surface area contributed by atoms with E-state index in [0.29, 0.717) is 0 Å². The Balaban J connectivity index is 1.94. The number of nitriles is 1. The first-order valence-electron chi connectivity index (χ1n) is 9.20. The highest BCUT2D eigenvalue weighted by molar-refractivity contribution is 5.88. The Bertz CT molecular complexity index is 1180. The standard InChI is InChI=1S/C25H18N2/c1-17-20-14-8-9-15-22(20)27-24(17)23(18-10-4-2-5-11-18)21(16-26)25(27)19-12-6-3-7-13-19/h2-15,17H,1H3/t17-/m1/s1. The molecule has 4 aromatic rings. The molecular formula is C25H18N2. The van der Waals surface area contributed by atoms with Crippen molar-refractivity contribution >= 4 is 0 Å². The number of aromatic nitrogens is 1. The van der Waals surface area contributed by atoms with E-state index in [1.807, 2.05) is 36.4 Å². The average molecular weight is 346 g/mol. The lowest BCUT2D eigenvalue weighted by molar-refractivity contribution is 0.913. The summed E-state index contributed by atoms with van der Waals surface area (Å²) in [6.45, 7) is 2.24. The second kappa shape index (κ2) is 6.00. The molecule has 2 heterocycles. The predicted molar refractivity (Wildman–Crippen MR) is 109 cm³/mol. The number of para-hydroxylation sites is 1. The minimum absolute atomic E-state index is 0.237. The monoisotopic (exact) mass is 346 g/mol. The Kier molecular flexibility index (Phi) is 3.48. The van der Waals surface area contributed by atoms with Gasteiger partial charge in [0, 0.05) is 22.9 Å². The van der Waals surface area contributed by atoms with Crippen LogP contribution >= 0.6 is 0 Å². The molecule has 1 aliphatic rings. The molecule has 2 heteroatoms. The van der Waals surface area contributed by atoms with Gasteiger partial charge in [-0.1, -0.05) is 85.8 Å². The number of rotatable bonds is 2. The van der Waals surface area contributed by atoms with Gasteiger partial charge in [0.05, 0.1) is 11.3 Å². The van der Waals surface area contributed by atoms with Crippen LogP contribution in [0.3, 0.4) is 0 Å². The SMILES string of the molecule is C[C@@H]1c2ccccc2-n2c(-c3ccccc3)c(C#N)c(-c3ccccc3)c21. The van der Waals surface area contributed by atoms with Crippen LogP contribution in [0, 0.1) is 11.3 Å². The van der Waals surface area contributed by atoms with E-state index < -0.39 is 0 Å². The molecule has 0 radical (unpaired) electrons. The van der Waals surface area contributed by atoms with Crippen LogP contribution in [-0.4, -0.2) is 4.57 Å². The van der Waals surface area contributed by atoms with E-state index >= 15 is 0 Å². The molecule has 1 aromatic heterocycles. The first-order chi connectivity index (χ1) is 13.3. The molecule has 3 aromatic carbocycles. The molecule has 0 bridgehead atoms. The van der Waals surface area contributed by atoms with Crippen molar-refractivity contribution in [3.05, 3.63) is 102 Å². The van der Waals surface area contributed by atoms with Crippen LogP contribution in [0.25, 0.3) is 28.1 Å². The summed E-state index contributed by atoms with van der Waals surface area (Å²) in [7, 11) is 0. The van der Waals surface area contributed by atoms with E-state index in [0.717, 1.165) is 27.9 Å². The lowest BCUT2D eigenvalue weighted by Crippen LogP contribution is -1.96. The van der Waals surface area contributed by atoms with Crippen LogP contribution < -0.4 is 0 Å². The number of hydrogen-bond acceptors (Lipinski definition) is 1. The Labute approximate surface area is 159 Å². The first-order valence-corrected chi connectivity index (χ1v) is 9.20. The topological polar surface area (TPSA) is 28.7 Å². The highest BCUT2D eigenvalue weighted by Gasteiger charge is 2.35. The van der Waals surface area contributed by atoms with E-state index in [9.17, 15) is 5.26 Å². The van der Waals surface area contributed by atoms with Gasteiger partial charge in [0.1, 0.15) is 6.07 Å². The fraction of sp³-hybridized carbons (Fsp3) is 0.0800. The van der Waals surface area contributed by atoms with Crippen LogP contribution in [0.1, 0.15) is 29.7 Å². The Morgan fingerprint density at radius 2 is 1.37 bits per heavy atom. The lowest BCUT2D eigenvalue weighted by Gasteiger charge is -2.10. The molecule has 128 valence electrons. The highest BCUT2D eigenvalue weighted by atomic mass is 15.0. The Hall–Kier alpha value is -3.57. The zero-order valence-electron chi connectivity index (χ0n) is 15.1. The van der Waals surface area contributed by atoms with Crippen molar-refractivity contribution in [2.24, 2.45) is 0 Å². The third-order valence-electron chi connectivity index (χ3n) is 5.48. The van der Waals surface area contributed by atoms with Gasteiger partial charge in [-0.15, -0.1) is 0 Å². The molecule has 0 fully saturated rings. The minimum Gasteiger partial charge on any atom is -0.311 e. The van der Waals surface area contributed by atoms with Gasteiger partial charge < -0.3 is 4.57 Å². The fourth-order valence-electron chi connectivity index (χ4n) is 4.33. The van der Waals surface area contributed by atoms with E-state index in [2.05, 4.69) is 66.1 Å². The summed E-state index contributed by atoms with van der Waals surface area (Å²) < 4.78 is 2.30. The largest absolute Gasteiger partial charge is 0.311 e. The second-order valence-corrected chi connectivity index (χ2v) is 6.94. The quantitative estimate of drug-likeness (QED) is 0.428. The highest BCUT2D eigenvalue weighted by Crippen LogP contribution is 2.49. The average Bonchev–Trinajstić information content (AvgIpc) is 3.22. The van der Waals surface area contributed by atoms with Gasteiger partial charge in [0.15, 0.2) is 0 Å². The van der Waals surface area contributed by atoms with Crippen molar-refractivity contribution in [3.63, 3.8) is 0 Å². The normalized spacial score (nSPS) is 14.4. The lowest BCUT2D eigenvalue weighted by atomic mass is 9.91. The molecule has 1 aliphatic heterocycles. The summed E-state index contributed by atoms with van der Waals surface area (Å²) >= 11 is 0. The molecule has 0 saturated heterocycles. The smallest absolute Gasteiger partial charge is 0.102 e. The Morgan fingerprint density at radius 3 is 2.04 bits per heavy atom. The van der Waals surface area contributed by atoms with Gasteiger partial charge in [0.2, 0.25) is 0 Å². The van der Waals surface area contributed by atoms with Crippen LogP contribution in [-0.2, 0) is 0 Å². The second-order valence-electron chi connectivity index (χ2n) is 6.94. The van der Waals surface area contributed by atoms with Crippen LogP contribution in [0.15, 0.2) is 84.9 Å². The number of benzene rings is 3. The van der Waals surface area contributed by atoms with Gasteiger partial charge in [-0.25, -0.2) is 0 Å².